The van der Waals surface area contributed by atoms with E-state index in [1.807, 2.05) is 0 Å². The number of urea groups is 1. The van der Waals surface area contributed by atoms with Gasteiger partial charge in [-0.3, -0.25) is 4.79 Å². The first-order valence-electron chi connectivity index (χ1n) is 6.12. The van der Waals surface area contributed by atoms with Gasteiger partial charge in [0, 0.05) is 32.4 Å². The van der Waals surface area contributed by atoms with Crippen LogP contribution in [0.3, 0.4) is 0 Å². The first-order chi connectivity index (χ1) is 8.70. The summed E-state index contributed by atoms with van der Waals surface area (Å²) in [4.78, 5) is 25.5. The van der Waals surface area contributed by atoms with Crippen molar-refractivity contribution >= 4 is 21.8 Å². The summed E-state index contributed by atoms with van der Waals surface area (Å²) >= 11 is 0. The van der Waals surface area contributed by atoms with Crippen molar-refractivity contribution in [3.63, 3.8) is 0 Å². The smallest absolute Gasteiger partial charge is 0.320 e. The van der Waals surface area contributed by atoms with E-state index in [4.69, 9.17) is 5.11 Å². The lowest BCUT2D eigenvalue weighted by Gasteiger charge is -2.27. The van der Waals surface area contributed by atoms with Crippen molar-refractivity contribution in [2.24, 2.45) is 0 Å². The van der Waals surface area contributed by atoms with Crippen LogP contribution in [0.1, 0.15) is 19.3 Å². The average Bonchev–Trinajstić information content (AvgIpc) is 3.08. The van der Waals surface area contributed by atoms with E-state index in [2.05, 4.69) is 0 Å². The average molecular weight is 292 g/mol. The van der Waals surface area contributed by atoms with Gasteiger partial charge in [0.25, 0.3) is 0 Å². The molecule has 0 aromatic carbocycles. The highest BCUT2D eigenvalue weighted by Gasteiger charge is 2.34. The zero-order chi connectivity index (χ0) is 14.6. The van der Waals surface area contributed by atoms with E-state index in [0.29, 0.717) is 0 Å². The summed E-state index contributed by atoms with van der Waals surface area (Å²) in [6.45, 7) is 0.288. The number of sulfone groups is 1. The van der Waals surface area contributed by atoms with Crippen molar-refractivity contribution in [3.05, 3.63) is 0 Å². The number of carboxylic acids is 1. The van der Waals surface area contributed by atoms with Crippen molar-refractivity contribution in [1.29, 1.82) is 0 Å². The molecule has 110 valence electrons. The maximum Gasteiger partial charge on any atom is 0.320 e. The van der Waals surface area contributed by atoms with Crippen LogP contribution in [0, 0.1) is 0 Å². The molecular weight excluding hydrogens is 272 g/mol. The fourth-order valence-electron chi connectivity index (χ4n) is 1.65. The summed E-state index contributed by atoms with van der Waals surface area (Å²) in [5, 5.41) is 8.66. The predicted octanol–water partition coefficient (Wildman–Crippen LogP) is 0.0219. The lowest BCUT2D eigenvalue weighted by Crippen LogP contribution is -2.44. The lowest BCUT2D eigenvalue weighted by molar-refractivity contribution is -0.137. The van der Waals surface area contributed by atoms with Crippen molar-refractivity contribution in [2.45, 2.75) is 25.3 Å². The molecule has 0 aromatic heterocycles. The number of hydrogen-bond acceptors (Lipinski definition) is 4. The molecular formula is C11H20N2O5S. The molecule has 0 heterocycles. The van der Waals surface area contributed by atoms with Crippen LogP contribution in [0.5, 0.6) is 0 Å². The standard InChI is InChI=1S/C11H20N2O5S/c1-12(7-8-19(2,17)18)11(16)13(9-3-4-9)6-5-10(14)15/h9H,3-8H2,1-2H3,(H,14,15). The summed E-state index contributed by atoms with van der Waals surface area (Å²) in [6, 6.07) is -0.195. The van der Waals surface area contributed by atoms with Gasteiger partial charge in [-0.2, -0.15) is 0 Å². The van der Waals surface area contributed by atoms with Gasteiger partial charge in [-0.05, 0) is 12.8 Å². The van der Waals surface area contributed by atoms with Gasteiger partial charge in [-0.25, -0.2) is 13.2 Å². The molecule has 1 rings (SSSR count). The van der Waals surface area contributed by atoms with Crippen LogP contribution in [0.25, 0.3) is 0 Å². The second kappa shape index (κ2) is 6.23. The van der Waals surface area contributed by atoms with Crippen LogP contribution < -0.4 is 0 Å². The number of hydrogen-bond donors (Lipinski definition) is 1. The first-order valence-corrected chi connectivity index (χ1v) is 8.18. The van der Waals surface area contributed by atoms with Gasteiger partial charge in [-0.15, -0.1) is 0 Å². The molecule has 1 N–H and O–H groups in total. The Kier molecular flexibility index (Phi) is 5.16. The molecule has 0 saturated heterocycles. The molecule has 0 aromatic rings. The number of rotatable bonds is 7. The molecule has 0 atom stereocenters. The third kappa shape index (κ3) is 5.91. The number of carbonyl (C=O) groups is 2. The largest absolute Gasteiger partial charge is 0.481 e. The molecule has 1 saturated carbocycles. The minimum Gasteiger partial charge on any atom is -0.481 e. The van der Waals surface area contributed by atoms with Crippen LogP contribution in [-0.2, 0) is 14.6 Å². The lowest BCUT2D eigenvalue weighted by atomic mass is 10.3. The molecule has 1 aliphatic rings. The minimum absolute atomic E-state index is 0.0906. The topological polar surface area (TPSA) is 95.0 Å². The third-order valence-corrected chi connectivity index (χ3v) is 3.85. The molecule has 19 heavy (non-hydrogen) atoms. The first kappa shape index (κ1) is 15.7. The molecule has 0 unspecified atom stereocenters. The Morgan fingerprint density at radius 2 is 1.84 bits per heavy atom. The maximum atomic E-state index is 12.1. The second-order valence-electron chi connectivity index (χ2n) is 4.90. The minimum atomic E-state index is -3.12. The number of carboxylic acid groups (broad SMARTS) is 1. The van der Waals surface area contributed by atoms with Crippen LogP contribution in [0.15, 0.2) is 0 Å². The Bertz CT molecular complexity index is 444. The number of carbonyl (C=O) groups excluding carboxylic acids is 1. The number of amides is 2. The zero-order valence-corrected chi connectivity index (χ0v) is 12.0. The summed E-state index contributed by atoms with van der Waals surface area (Å²) < 4.78 is 22.1. The normalized spacial score (nSPS) is 15.1. The van der Waals surface area contributed by atoms with E-state index in [-0.39, 0.29) is 37.3 Å². The molecule has 7 nitrogen and oxygen atoms in total. The van der Waals surface area contributed by atoms with E-state index < -0.39 is 15.8 Å². The summed E-state index contributed by atoms with van der Waals surface area (Å²) in [6.07, 6.45) is 2.78. The highest BCUT2D eigenvalue weighted by molar-refractivity contribution is 7.90. The van der Waals surface area contributed by atoms with Crippen molar-refractivity contribution in [3.8, 4) is 0 Å². The van der Waals surface area contributed by atoms with Gasteiger partial charge in [0.15, 0.2) is 0 Å². The van der Waals surface area contributed by atoms with Crippen LogP contribution >= 0.6 is 0 Å². The van der Waals surface area contributed by atoms with Gasteiger partial charge in [-0.1, -0.05) is 0 Å². The van der Waals surface area contributed by atoms with Gasteiger partial charge in [0.2, 0.25) is 0 Å². The Labute approximate surface area is 113 Å². The predicted molar refractivity (Wildman–Crippen MR) is 69.7 cm³/mol. The van der Waals surface area contributed by atoms with E-state index in [9.17, 15) is 18.0 Å². The summed E-state index contributed by atoms with van der Waals surface area (Å²) in [7, 11) is -1.58. The van der Waals surface area contributed by atoms with Gasteiger partial charge >= 0.3 is 12.0 Å². The Hall–Kier alpha value is -1.31. The van der Waals surface area contributed by atoms with Crippen LogP contribution in [-0.4, -0.2) is 73.5 Å². The molecule has 8 heteroatoms. The van der Waals surface area contributed by atoms with Crippen molar-refractivity contribution in [2.75, 3.05) is 32.1 Å². The van der Waals surface area contributed by atoms with Gasteiger partial charge in [0.1, 0.15) is 9.84 Å². The maximum absolute atomic E-state index is 12.1. The highest BCUT2D eigenvalue weighted by atomic mass is 32.2. The van der Waals surface area contributed by atoms with Crippen LogP contribution in [0.2, 0.25) is 0 Å². The van der Waals surface area contributed by atoms with E-state index in [1.54, 1.807) is 0 Å². The summed E-state index contributed by atoms with van der Waals surface area (Å²) in [5.41, 5.74) is 0. The van der Waals surface area contributed by atoms with Crippen molar-refractivity contribution in [1.82, 2.24) is 9.80 Å². The zero-order valence-electron chi connectivity index (χ0n) is 11.2. The molecule has 0 bridgehead atoms. The molecule has 0 radical (unpaired) electrons. The van der Waals surface area contributed by atoms with Gasteiger partial charge in [0.05, 0.1) is 12.2 Å². The monoisotopic (exact) mass is 292 g/mol. The molecule has 0 aliphatic heterocycles. The SMILES string of the molecule is CN(CCS(C)(=O)=O)C(=O)N(CCC(=O)O)C1CC1. The van der Waals surface area contributed by atoms with Gasteiger partial charge < -0.3 is 14.9 Å². The van der Waals surface area contributed by atoms with E-state index in [1.165, 1.54) is 16.8 Å². The third-order valence-electron chi connectivity index (χ3n) is 2.92. The quantitative estimate of drug-likeness (QED) is 0.714. The molecule has 1 fully saturated rings. The van der Waals surface area contributed by atoms with Crippen LogP contribution in [0.4, 0.5) is 4.79 Å². The second-order valence-corrected chi connectivity index (χ2v) is 7.16. The number of nitrogens with zero attached hydrogens (tertiary/aromatic N) is 2. The summed E-state index contributed by atoms with van der Waals surface area (Å²) in [5.74, 6) is -1.04. The Morgan fingerprint density at radius 3 is 2.26 bits per heavy atom. The fraction of sp³-hybridized carbons (Fsp3) is 0.818. The molecule has 2 amide bonds. The Morgan fingerprint density at radius 1 is 1.26 bits per heavy atom. The Balaban J connectivity index is 2.53. The van der Waals surface area contributed by atoms with Crippen molar-refractivity contribution < 1.29 is 23.1 Å². The molecule has 1 aliphatic carbocycles. The highest BCUT2D eigenvalue weighted by Crippen LogP contribution is 2.27. The van der Waals surface area contributed by atoms with E-state index in [0.717, 1.165) is 19.1 Å². The fourth-order valence-corrected chi connectivity index (χ4v) is 2.26. The number of aliphatic carboxylic acids is 1. The van der Waals surface area contributed by atoms with E-state index >= 15 is 0 Å². The molecule has 0 spiro atoms.